The Labute approximate surface area is 220 Å². The minimum atomic E-state index is -3.95. The van der Waals surface area contributed by atoms with E-state index in [0.29, 0.717) is 13.1 Å². The van der Waals surface area contributed by atoms with Crippen LogP contribution in [-0.4, -0.2) is 60.0 Å². The third-order valence-electron chi connectivity index (χ3n) is 5.33. The maximum absolute atomic E-state index is 13.2. The number of ether oxygens (including phenoxy) is 1. The van der Waals surface area contributed by atoms with Crippen molar-refractivity contribution >= 4 is 72.1 Å². The van der Waals surface area contributed by atoms with Crippen LogP contribution in [0.1, 0.15) is 19.3 Å². The predicted molar refractivity (Wildman–Crippen MR) is 138 cm³/mol. The second-order valence-corrected chi connectivity index (χ2v) is 12.9. The Morgan fingerprint density at radius 2 is 1.63 bits per heavy atom. The van der Waals surface area contributed by atoms with Crippen LogP contribution >= 0.6 is 34.8 Å². The Morgan fingerprint density at radius 1 is 1.00 bits per heavy atom. The zero-order chi connectivity index (χ0) is 26.0. The van der Waals surface area contributed by atoms with Crippen molar-refractivity contribution in [2.75, 3.05) is 42.6 Å². The van der Waals surface area contributed by atoms with E-state index in [-0.39, 0.29) is 37.1 Å². The molecule has 1 heterocycles. The van der Waals surface area contributed by atoms with E-state index in [9.17, 15) is 21.6 Å². The number of piperidine rings is 1. The largest absolute Gasteiger partial charge is 0.495 e. The highest BCUT2D eigenvalue weighted by molar-refractivity contribution is 7.92. The molecule has 0 saturated carbocycles. The molecular weight excluding hydrogens is 561 g/mol. The number of carbonyl (C=O) groups excluding carboxylic acids is 1. The van der Waals surface area contributed by atoms with Crippen LogP contribution in [-0.2, 0) is 24.8 Å². The number of hydrogen-bond acceptors (Lipinski definition) is 6. The molecule has 0 aromatic heterocycles. The van der Waals surface area contributed by atoms with Crippen molar-refractivity contribution in [1.82, 2.24) is 4.31 Å². The van der Waals surface area contributed by atoms with Crippen LogP contribution in [0.25, 0.3) is 0 Å². The molecule has 1 aliphatic rings. The first-order chi connectivity index (χ1) is 16.3. The van der Waals surface area contributed by atoms with Crippen LogP contribution in [0.4, 0.5) is 11.4 Å². The highest BCUT2D eigenvalue weighted by Crippen LogP contribution is 2.36. The number of amides is 1. The summed E-state index contributed by atoms with van der Waals surface area (Å²) in [7, 11) is -6.46. The average molecular weight is 585 g/mol. The Balaban J connectivity index is 1.89. The fraction of sp³-hybridized carbons (Fsp3) is 0.381. The van der Waals surface area contributed by atoms with Crippen LogP contribution in [0.3, 0.4) is 0 Å². The van der Waals surface area contributed by atoms with Gasteiger partial charge in [-0.2, -0.15) is 4.31 Å². The molecule has 9 nitrogen and oxygen atoms in total. The minimum Gasteiger partial charge on any atom is -0.495 e. The molecule has 1 fully saturated rings. The van der Waals surface area contributed by atoms with Gasteiger partial charge in [0.25, 0.3) is 0 Å². The van der Waals surface area contributed by atoms with Crippen LogP contribution in [0.15, 0.2) is 35.2 Å². The summed E-state index contributed by atoms with van der Waals surface area (Å²) in [5.41, 5.74) is 0.127. The van der Waals surface area contributed by atoms with Gasteiger partial charge in [-0.3, -0.25) is 9.10 Å². The number of methoxy groups -OCH3 is 1. The number of halogens is 3. The van der Waals surface area contributed by atoms with Gasteiger partial charge in [-0.25, -0.2) is 16.8 Å². The Hall–Kier alpha value is -1.76. The highest BCUT2D eigenvalue weighted by atomic mass is 35.5. The molecule has 2 aromatic rings. The lowest BCUT2D eigenvalue weighted by Gasteiger charge is -2.27. The molecule has 192 valence electrons. The third-order valence-corrected chi connectivity index (χ3v) is 9.40. The molecule has 2 aromatic carbocycles. The number of sulfonamides is 2. The number of hydrogen-bond donors (Lipinski definition) is 1. The van der Waals surface area contributed by atoms with Crippen molar-refractivity contribution in [1.29, 1.82) is 0 Å². The van der Waals surface area contributed by atoms with Crippen molar-refractivity contribution in [3.05, 3.63) is 45.4 Å². The fourth-order valence-corrected chi connectivity index (χ4v) is 6.87. The summed E-state index contributed by atoms with van der Waals surface area (Å²) in [5, 5.41) is 2.71. The lowest BCUT2D eigenvalue weighted by Crippen LogP contribution is -2.37. The molecule has 0 unspecified atom stereocenters. The first-order valence-corrected chi connectivity index (χ1v) is 14.9. The second kappa shape index (κ2) is 11.1. The Kier molecular flexibility index (Phi) is 8.82. The number of rotatable bonds is 8. The number of nitrogens with zero attached hydrogens (tertiary/aromatic N) is 2. The maximum Gasteiger partial charge on any atom is 0.246 e. The lowest BCUT2D eigenvalue weighted by molar-refractivity contribution is -0.114. The van der Waals surface area contributed by atoms with Gasteiger partial charge in [-0.15, -0.1) is 0 Å². The van der Waals surface area contributed by atoms with E-state index in [1.807, 2.05) is 0 Å². The van der Waals surface area contributed by atoms with E-state index in [1.54, 1.807) is 0 Å². The third kappa shape index (κ3) is 6.52. The summed E-state index contributed by atoms with van der Waals surface area (Å²) in [4.78, 5) is 12.7. The summed E-state index contributed by atoms with van der Waals surface area (Å²) < 4.78 is 58.7. The van der Waals surface area contributed by atoms with Crippen molar-refractivity contribution in [3.8, 4) is 5.75 Å². The maximum atomic E-state index is 13.2. The molecule has 0 spiro atoms. The summed E-state index contributed by atoms with van der Waals surface area (Å²) in [6.07, 6.45) is 3.39. The van der Waals surface area contributed by atoms with E-state index < -0.39 is 32.5 Å². The van der Waals surface area contributed by atoms with E-state index in [0.717, 1.165) is 29.8 Å². The number of carbonyl (C=O) groups is 1. The number of benzene rings is 2. The van der Waals surface area contributed by atoms with Gasteiger partial charge in [0.1, 0.15) is 17.2 Å². The monoisotopic (exact) mass is 583 g/mol. The van der Waals surface area contributed by atoms with Crippen molar-refractivity contribution in [2.45, 2.75) is 24.2 Å². The summed E-state index contributed by atoms with van der Waals surface area (Å²) in [6, 6.07) is 6.70. The van der Waals surface area contributed by atoms with Crippen LogP contribution in [0, 0.1) is 0 Å². The quantitative estimate of drug-likeness (QED) is 0.465. The molecule has 0 bridgehead atoms. The van der Waals surface area contributed by atoms with Crippen molar-refractivity contribution in [3.63, 3.8) is 0 Å². The van der Waals surface area contributed by atoms with Gasteiger partial charge in [0.05, 0.1) is 34.1 Å². The second-order valence-electron chi connectivity index (χ2n) is 7.87. The van der Waals surface area contributed by atoms with E-state index in [4.69, 9.17) is 39.5 Å². The number of nitrogens with one attached hydrogen (secondary N) is 1. The molecule has 0 atom stereocenters. The van der Waals surface area contributed by atoms with Crippen LogP contribution < -0.4 is 14.4 Å². The smallest absolute Gasteiger partial charge is 0.246 e. The standard InChI is InChI=1S/C21H24Cl3N3O6S2/c1-33-19-7-6-14(10-20(19)35(31,32)26-8-4-3-5-9-26)25-21(28)13-27(34(2,29)30)18-12-16(23)15(22)11-17(18)24/h6-7,10-12H,3-5,8-9,13H2,1-2H3,(H,25,28). The number of anilines is 2. The highest BCUT2D eigenvalue weighted by Gasteiger charge is 2.30. The fourth-order valence-electron chi connectivity index (χ4n) is 3.62. The zero-order valence-electron chi connectivity index (χ0n) is 18.9. The predicted octanol–water partition coefficient (Wildman–Crippen LogP) is 4.23. The summed E-state index contributed by atoms with van der Waals surface area (Å²) >= 11 is 18.1. The SMILES string of the molecule is COc1ccc(NC(=O)CN(c2cc(Cl)c(Cl)cc2Cl)S(C)(=O)=O)cc1S(=O)(=O)N1CCCCC1. The Bertz CT molecular complexity index is 1330. The van der Waals surface area contributed by atoms with E-state index in [2.05, 4.69) is 5.32 Å². The lowest BCUT2D eigenvalue weighted by atomic mass is 10.2. The van der Waals surface area contributed by atoms with Crippen LogP contribution in [0.5, 0.6) is 5.75 Å². The first kappa shape index (κ1) is 27.8. The molecule has 35 heavy (non-hydrogen) atoms. The van der Waals surface area contributed by atoms with Gasteiger partial charge in [0, 0.05) is 18.8 Å². The van der Waals surface area contributed by atoms with E-state index >= 15 is 0 Å². The van der Waals surface area contributed by atoms with Crippen molar-refractivity contribution < 1.29 is 26.4 Å². The molecule has 0 radical (unpaired) electrons. The normalized spacial score (nSPS) is 15.0. The molecule has 1 aliphatic heterocycles. The molecule has 1 amide bonds. The molecular formula is C21H24Cl3N3O6S2. The topological polar surface area (TPSA) is 113 Å². The van der Waals surface area contributed by atoms with Crippen molar-refractivity contribution in [2.24, 2.45) is 0 Å². The molecule has 1 N–H and O–H groups in total. The molecule has 1 saturated heterocycles. The summed E-state index contributed by atoms with van der Waals surface area (Å²) in [6.45, 7) is 0.155. The van der Waals surface area contributed by atoms with Gasteiger partial charge in [-0.1, -0.05) is 41.2 Å². The average Bonchev–Trinajstić information content (AvgIpc) is 2.80. The van der Waals surface area contributed by atoms with Gasteiger partial charge in [-0.05, 0) is 43.2 Å². The minimum absolute atomic E-state index is 0.0167. The molecule has 3 rings (SSSR count). The molecule has 0 aliphatic carbocycles. The Morgan fingerprint density at radius 3 is 2.23 bits per heavy atom. The summed E-state index contributed by atoms with van der Waals surface area (Å²) in [5.74, 6) is -0.599. The van der Waals surface area contributed by atoms with Gasteiger partial charge in [0.15, 0.2) is 0 Å². The van der Waals surface area contributed by atoms with Gasteiger partial charge < -0.3 is 10.1 Å². The molecule has 14 heteroatoms. The zero-order valence-corrected chi connectivity index (χ0v) is 22.8. The first-order valence-electron chi connectivity index (χ1n) is 10.4. The van der Waals surface area contributed by atoms with Crippen LogP contribution in [0.2, 0.25) is 15.1 Å². The van der Waals surface area contributed by atoms with E-state index in [1.165, 1.54) is 41.7 Å². The van der Waals surface area contributed by atoms with Gasteiger partial charge >= 0.3 is 0 Å². The van der Waals surface area contributed by atoms with Gasteiger partial charge in [0.2, 0.25) is 26.0 Å².